The van der Waals surface area contributed by atoms with Crippen molar-refractivity contribution in [2.75, 3.05) is 0 Å². The molecule has 0 aliphatic rings. The molecule has 0 saturated heterocycles. The van der Waals surface area contributed by atoms with Crippen molar-refractivity contribution in [2.45, 2.75) is 57.8 Å². The van der Waals surface area contributed by atoms with Crippen LogP contribution in [0.15, 0.2) is 24.3 Å². The van der Waals surface area contributed by atoms with Crippen molar-refractivity contribution >= 4 is 23.9 Å². The monoisotopic (exact) mass is 358 g/mol. The molecule has 0 aliphatic carbocycles. The minimum atomic E-state index is -0.965. The van der Waals surface area contributed by atoms with Crippen molar-refractivity contribution in [3.8, 4) is 0 Å². The lowest BCUT2D eigenvalue weighted by Gasteiger charge is -1.94. The molecule has 0 bridgehead atoms. The molecule has 0 aromatic heterocycles. The van der Waals surface area contributed by atoms with Crippen LogP contribution in [0.1, 0.15) is 57.8 Å². The molecule has 25 heavy (non-hydrogen) atoms. The van der Waals surface area contributed by atoms with Crippen molar-refractivity contribution in [2.24, 2.45) is 0 Å². The average Bonchev–Trinajstić information content (AvgIpc) is 2.49. The van der Waals surface area contributed by atoms with Crippen LogP contribution in [0.4, 0.5) is 0 Å². The number of aliphatic carboxylic acids is 4. The van der Waals surface area contributed by atoms with Crippen molar-refractivity contribution in [3.63, 3.8) is 0 Å². The third-order valence-corrected chi connectivity index (χ3v) is 2.79. The Kier molecular flexibility index (Phi) is 17.4. The number of unbranched alkanes of at least 4 members (excludes halogenated alkanes) is 5. The number of carboxylic acids is 4. The zero-order valence-electron chi connectivity index (χ0n) is 14.1. The fourth-order valence-corrected chi connectivity index (χ4v) is 1.62. The number of carboxylic acid groups (broad SMARTS) is 4. The number of hydrogen-bond donors (Lipinski definition) is 4. The number of carbonyl (C=O) groups is 4. The molecule has 142 valence electrons. The summed E-state index contributed by atoms with van der Waals surface area (Å²) in [7, 11) is 0. The molecular formula is C17H26O8. The van der Waals surface area contributed by atoms with Gasteiger partial charge in [0.1, 0.15) is 0 Å². The van der Waals surface area contributed by atoms with Crippen molar-refractivity contribution in [1.82, 2.24) is 0 Å². The molecular weight excluding hydrogens is 332 g/mol. The maximum absolute atomic E-state index is 10.1. The first-order chi connectivity index (χ1) is 11.8. The van der Waals surface area contributed by atoms with Crippen LogP contribution < -0.4 is 0 Å². The van der Waals surface area contributed by atoms with Gasteiger partial charge in [0.25, 0.3) is 0 Å². The average molecular weight is 358 g/mol. The van der Waals surface area contributed by atoms with Gasteiger partial charge in [-0.2, -0.15) is 0 Å². The van der Waals surface area contributed by atoms with Crippen molar-refractivity contribution < 1.29 is 39.6 Å². The fourth-order valence-electron chi connectivity index (χ4n) is 1.62. The lowest BCUT2D eigenvalue weighted by molar-refractivity contribution is -0.138. The molecule has 0 rings (SSSR count). The summed E-state index contributed by atoms with van der Waals surface area (Å²) in [6, 6.07) is 0. The van der Waals surface area contributed by atoms with Gasteiger partial charge in [0.2, 0.25) is 0 Å². The second-order valence-electron chi connectivity index (χ2n) is 5.11. The highest BCUT2D eigenvalue weighted by atomic mass is 16.4. The SMILES string of the molecule is O=C(O)/C=C/CCCCC(=O)O.O=C(O)/C=C/CCCCCC(=O)O. The molecule has 0 aromatic rings. The molecule has 0 atom stereocenters. The molecule has 0 amide bonds. The third kappa shape index (κ3) is 29.9. The normalized spacial score (nSPS) is 10.4. The highest BCUT2D eigenvalue weighted by Gasteiger charge is 1.95. The molecule has 0 heterocycles. The molecule has 0 unspecified atom stereocenters. The van der Waals surface area contributed by atoms with Gasteiger partial charge in [-0.25, -0.2) is 9.59 Å². The zero-order valence-corrected chi connectivity index (χ0v) is 14.1. The van der Waals surface area contributed by atoms with Gasteiger partial charge in [-0.05, 0) is 38.5 Å². The highest BCUT2D eigenvalue weighted by molar-refractivity contribution is 5.79. The van der Waals surface area contributed by atoms with Gasteiger partial charge < -0.3 is 20.4 Å². The lowest BCUT2D eigenvalue weighted by atomic mass is 10.1. The number of rotatable bonds is 13. The largest absolute Gasteiger partial charge is 0.481 e. The van der Waals surface area contributed by atoms with E-state index in [9.17, 15) is 19.2 Å². The maximum Gasteiger partial charge on any atom is 0.327 e. The van der Waals surface area contributed by atoms with E-state index in [1.165, 1.54) is 6.08 Å². The summed E-state index contributed by atoms with van der Waals surface area (Å²) in [5.74, 6) is -3.49. The Morgan fingerprint density at radius 3 is 1.28 bits per heavy atom. The smallest absolute Gasteiger partial charge is 0.327 e. The molecule has 0 spiro atoms. The van der Waals surface area contributed by atoms with Gasteiger partial charge in [-0.1, -0.05) is 18.6 Å². The lowest BCUT2D eigenvalue weighted by Crippen LogP contribution is -1.93. The van der Waals surface area contributed by atoms with E-state index in [2.05, 4.69) is 0 Å². The summed E-state index contributed by atoms with van der Waals surface area (Å²) in [6.45, 7) is 0. The van der Waals surface area contributed by atoms with Crippen molar-refractivity contribution in [1.29, 1.82) is 0 Å². The first-order valence-electron chi connectivity index (χ1n) is 7.98. The highest BCUT2D eigenvalue weighted by Crippen LogP contribution is 2.03. The van der Waals surface area contributed by atoms with E-state index in [4.69, 9.17) is 20.4 Å². The standard InChI is InChI=1S/C9H14O4.C8H12O4/c10-8(11)6-4-2-1-3-5-7-9(12)13;9-7(10)5-3-1-2-4-6-8(11)12/h4,6H,1-3,5,7H2,(H,10,11)(H,12,13);3,5H,1-2,4,6H2,(H,9,10)(H,11,12)/b6-4+;5-3+. The van der Waals surface area contributed by atoms with E-state index in [0.29, 0.717) is 25.7 Å². The quantitative estimate of drug-likeness (QED) is 0.290. The Bertz CT molecular complexity index is 465. The molecule has 0 fully saturated rings. The predicted octanol–water partition coefficient (Wildman–Crippen LogP) is 2.93. The van der Waals surface area contributed by atoms with E-state index in [-0.39, 0.29) is 12.8 Å². The van der Waals surface area contributed by atoms with E-state index >= 15 is 0 Å². The summed E-state index contributed by atoms with van der Waals surface area (Å²) < 4.78 is 0. The van der Waals surface area contributed by atoms with Crippen molar-refractivity contribution in [3.05, 3.63) is 24.3 Å². The van der Waals surface area contributed by atoms with E-state index < -0.39 is 23.9 Å². The van der Waals surface area contributed by atoms with E-state index in [1.807, 2.05) is 0 Å². The molecule has 0 aliphatic heterocycles. The van der Waals surface area contributed by atoms with E-state index in [0.717, 1.165) is 31.4 Å². The van der Waals surface area contributed by atoms with Crippen LogP contribution >= 0.6 is 0 Å². The summed E-state index contributed by atoms with van der Waals surface area (Å²) in [4.78, 5) is 40.1. The van der Waals surface area contributed by atoms with Gasteiger partial charge in [0, 0.05) is 25.0 Å². The molecule has 0 aromatic carbocycles. The van der Waals surface area contributed by atoms with Crippen LogP contribution in [0, 0.1) is 0 Å². The van der Waals surface area contributed by atoms with Gasteiger partial charge in [-0.15, -0.1) is 0 Å². The minimum Gasteiger partial charge on any atom is -0.481 e. The Morgan fingerprint density at radius 1 is 0.560 bits per heavy atom. The minimum absolute atomic E-state index is 0.154. The molecule has 0 saturated carbocycles. The van der Waals surface area contributed by atoms with Crippen LogP contribution in [0.25, 0.3) is 0 Å². The van der Waals surface area contributed by atoms with Crippen LogP contribution in [0.5, 0.6) is 0 Å². The topological polar surface area (TPSA) is 149 Å². The summed E-state index contributed by atoms with van der Waals surface area (Å²) >= 11 is 0. The second-order valence-corrected chi connectivity index (χ2v) is 5.11. The summed E-state index contributed by atoms with van der Waals surface area (Å²) in [6.07, 6.45) is 10.6. The molecule has 0 radical (unpaired) electrons. The van der Waals surface area contributed by atoms with Crippen LogP contribution in [0.2, 0.25) is 0 Å². The second kappa shape index (κ2) is 17.7. The fraction of sp³-hybridized carbons (Fsp3) is 0.529. The summed E-state index contributed by atoms with van der Waals surface area (Å²) in [5, 5.41) is 32.9. The molecule has 8 nitrogen and oxygen atoms in total. The maximum atomic E-state index is 10.1. The van der Waals surface area contributed by atoms with Crippen LogP contribution in [0.3, 0.4) is 0 Å². The Balaban J connectivity index is 0. The molecule has 4 N–H and O–H groups in total. The first-order valence-corrected chi connectivity index (χ1v) is 7.98. The Labute approximate surface area is 146 Å². The predicted molar refractivity (Wildman–Crippen MR) is 90.4 cm³/mol. The van der Waals surface area contributed by atoms with Gasteiger partial charge >= 0.3 is 23.9 Å². The van der Waals surface area contributed by atoms with Crippen LogP contribution in [-0.2, 0) is 19.2 Å². The van der Waals surface area contributed by atoms with Gasteiger partial charge in [0.15, 0.2) is 0 Å². The first kappa shape index (κ1) is 24.6. The summed E-state index contributed by atoms with van der Waals surface area (Å²) in [5.41, 5.74) is 0. The van der Waals surface area contributed by atoms with Crippen LogP contribution in [-0.4, -0.2) is 44.3 Å². The Hall–Kier alpha value is -2.64. The van der Waals surface area contributed by atoms with E-state index in [1.54, 1.807) is 6.08 Å². The zero-order chi connectivity index (χ0) is 19.5. The molecule has 8 heteroatoms. The van der Waals surface area contributed by atoms with Gasteiger partial charge in [-0.3, -0.25) is 9.59 Å². The number of allylic oxidation sites excluding steroid dienone is 2. The Morgan fingerprint density at radius 2 is 0.920 bits per heavy atom. The van der Waals surface area contributed by atoms with Gasteiger partial charge in [0.05, 0.1) is 0 Å². The number of hydrogen-bond acceptors (Lipinski definition) is 4. The third-order valence-electron chi connectivity index (χ3n) is 2.79.